The smallest absolute Gasteiger partial charge is 0.303 e. The van der Waals surface area contributed by atoms with Gasteiger partial charge < -0.3 is 5.11 Å². The van der Waals surface area contributed by atoms with E-state index >= 15 is 0 Å². The number of hydrogen-bond donors (Lipinski definition) is 1. The molecule has 0 aromatic rings. The summed E-state index contributed by atoms with van der Waals surface area (Å²) < 4.78 is 0. The van der Waals surface area contributed by atoms with E-state index in [1.165, 1.54) is 5.57 Å². The van der Waals surface area contributed by atoms with Crippen LogP contribution in [-0.2, 0) is 4.79 Å². The molecule has 86 valence electrons. The van der Waals surface area contributed by atoms with Gasteiger partial charge in [-0.25, -0.2) is 0 Å². The summed E-state index contributed by atoms with van der Waals surface area (Å²) in [5.41, 5.74) is 1.22. The van der Waals surface area contributed by atoms with Crippen molar-refractivity contribution in [2.75, 3.05) is 0 Å². The zero-order valence-corrected chi connectivity index (χ0v) is 10.0. The molecule has 0 aliphatic rings. The highest BCUT2D eigenvalue weighted by Crippen LogP contribution is 2.21. The minimum Gasteiger partial charge on any atom is -0.481 e. The van der Waals surface area contributed by atoms with Crippen molar-refractivity contribution in [3.05, 3.63) is 23.3 Å². The topological polar surface area (TPSA) is 37.3 Å². The number of aliphatic carboxylic acids is 1. The van der Waals surface area contributed by atoms with Gasteiger partial charge in [0.25, 0.3) is 0 Å². The lowest BCUT2D eigenvalue weighted by Crippen LogP contribution is -1.94. The Morgan fingerprint density at radius 2 is 1.93 bits per heavy atom. The van der Waals surface area contributed by atoms with Gasteiger partial charge in [-0.1, -0.05) is 23.3 Å². The van der Waals surface area contributed by atoms with Crippen LogP contribution in [0.4, 0.5) is 0 Å². The maximum atomic E-state index is 10.3. The van der Waals surface area contributed by atoms with Crippen LogP contribution in [0.1, 0.15) is 45.4 Å². The first-order valence-corrected chi connectivity index (χ1v) is 5.62. The summed E-state index contributed by atoms with van der Waals surface area (Å²) in [7, 11) is 0. The summed E-state index contributed by atoms with van der Waals surface area (Å²) >= 11 is 5.95. The van der Waals surface area contributed by atoms with Gasteiger partial charge in [0.15, 0.2) is 0 Å². The molecule has 0 fully saturated rings. The molecule has 0 saturated heterocycles. The fraction of sp³-hybridized carbons (Fsp3) is 0.583. The summed E-state index contributed by atoms with van der Waals surface area (Å²) in [5.74, 6) is -0.728. The van der Waals surface area contributed by atoms with Crippen molar-refractivity contribution in [2.45, 2.75) is 45.4 Å². The molecule has 0 aromatic carbocycles. The van der Waals surface area contributed by atoms with Crippen molar-refractivity contribution < 1.29 is 9.90 Å². The van der Waals surface area contributed by atoms with Gasteiger partial charge in [-0.05, 0) is 39.0 Å². The van der Waals surface area contributed by atoms with Crippen molar-refractivity contribution >= 4 is 17.6 Å². The second kappa shape index (κ2) is 8.54. The minimum atomic E-state index is -0.728. The molecule has 0 amide bonds. The third kappa shape index (κ3) is 8.25. The van der Waals surface area contributed by atoms with E-state index in [-0.39, 0.29) is 6.42 Å². The maximum Gasteiger partial charge on any atom is 0.303 e. The van der Waals surface area contributed by atoms with Crippen LogP contribution in [0.15, 0.2) is 23.3 Å². The average molecular weight is 231 g/mol. The van der Waals surface area contributed by atoms with E-state index in [0.29, 0.717) is 0 Å². The molecular formula is C12H19ClO2. The predicted octanol–water partition coefficient (Wildman–Crippen LogP) is 4.11. The summed E-state index contributed by atoms with van der Waals surface area (Å²) in [4.78, 5) is 10.3. The molecule has 0 aliphatic carbocycles. The van der Waals surface area contributed by atoms with Crippen LogP contribution in [0.25, 0.3) is 0 Å². The maximum absolute atomic E-state index is 10.3. The molecule has 2 nitrogen and oxygen atoms in total. The molecule has 0 spiro atoms. The van der Waals surface area contributed by atoms with E-state index in [9.17, 15) is 4.79 Å². The van der Waals surface area contributed by atoms with Crippen molar-refractivity contribution in [1.29, 1.82) is 0 Å². The van der Waals surface area contributed by atoms with Gasteiger partial charge in [0.2, 0.25) is 0 Å². The van der Waals surface area contributed by atoms with Gasteiger partial charge in [0, 0.05) is 11.5 Å². The Balaban J connectivity index is 3.83. The highest BCUT2D eigenvalue weighted by molar-refractivity contribution is 6.29. The molecule has 0 atom stereocenters. The average Bonchev–Trinajstić information content (AvgIpc) is 2.15. The number of carboxylic acid groups (broad SMARTS) is 1. The molecule has 0 unspecified atom stereocenters. The first-order chi connectivity index (χ1) is 7.07. The van der Waals surface area contributed by atoms with Crippen molar-refractivity contribution in [3.8, 4) is 0 Å². The normalized spacial score (nSPS) is 12.1. The molecule has 0 saturated carbocycles. The van der Waals surface area contributed by atoms with Crippen LogP contribution in [-0.4, -0.2) is 11.1 Å². The molecule has 3 heteroatoms. The fourth-order valence-electron chi connectivity index (χ4n) is 1.36. The first-order valence-electron chi connectivity index (χ1n) is 5.24. The second-order valence-electron chi connectivity index (χ2n) is 3.57. The molecule has 0 bridgehead atoms. The van der Waals surface area contributed by atoms with Crippen LogP contribution < -0.4 is 0 Å². The molecule has 0 heterocycles. The van der Waals surface area contributed by atoms with Crippen molar-refractivity contribution in [1.82, 2.24) is 0 Å². The summed E-state index contributed by atoms with van der Waals surface area (Å²) in [6.07, 6.45) is 6.49. The predicted molar refractivity (Wildman–Crippen MR) is 64.1 cm³/mol. The third-order valence-electron chi connectivity index (χ3n) is 2.26. The second-order valence-corrected chi connectivity index (χ2v) is 4.13. The number of hydrogen-bond acceptors (Lipinski definition) is 1. The van der Waals surface area contributed by atoms with Crippen LogP contribution in [0.3, 0.4) is 0 Å². The van der Waals surface area contributed by atoms with Gasteiger partial charge in [-0.3, -0.25) is 4.79 Å². The monoisotopic (exact) mass is 230 g/mol. The number of allylic oxidation sites excluding steroid dienone is 3. The quantitative estimate of drug-likeness (QED) is 0.503. The fourth-order valence-corrected chi connectivity index (χ4v) is 1.55. The van der Waals surface area contributed by atoms with Crippen LogP contribution in [0, 0.1) is 0 Å². The van der Waals surface area contributed by atoms with Gasteiger partial charge >= 0.3 is 5.97 Å². The van der Waals surface area contributed by atoms with E-state index in [1.54, 1.807) is 0 Å². The highest BCUT2D eigenvalue weighted by atomic mass is 35.5. The molecule has 15 heavy (non-hydrogen) atoms. The minimum absolute atomic E-state index is 0.246. The van der Waals surface area contributed by atoms with E-state index in [0.717, 1.165) is 37.1 Å². The van der Waals surface area contributed by atoms with Crippen molar-refractivity contribution in [2.24, 2.45) is 0 Å². The number of rotatable bonds is 8. The van der Waals surface area contributed by atoms with Gasteiger partial charge in [-0.15, -0.1) is 6.58 Å². The Morgan fingerprint density at radius 3 is 2.40 bits per heavy atom. The van der Waals surface area contributed by atoms with Gasteiger partial charge in [0.05, 0.1) is 0 Å². The van der Waals surface area contributed by atoms with E-state index in [2.05, 4.69) is 6.58 Å². The zero-order valence-electron chi connectivity index (χ0n) is 9.26. The van der Waals surface area contributed by atoms with Crippen molar-refractivity contribution in [3.63, 3.8) is 0 Å². The number of carboxylic acids is 1. The third-order valence-corrected chi connectivity index (χ3v) is 2.52. The summed E-state index contributed by atoms with van der Waals surface area (Å²) in [5, 5.41) is 9.32. The van der Waals surface area contributed by atoms with Crippen LogP contribution >= 0.6 is 11.6 Å². The molecular weight excluding hydrogens is 212 g/mol. The van der Waals surface area contributed by atoms with Crippen LogP contribution in [0.5, 0.6) is 0 Å². The Hall–Kier alpha value is -0.760. The van der Waals surface area contributed by atoms with E-state index in [4.69, 9.17) is 16.7 Å². The van der Waals surface area contributed by atoms with Gasteiger partial charge in [-0.2, -0.15) is 0 Å². The zero-order chi connectivity index (χ0) is 11.7. The number of carbonyl (C=O) groups is 1. The molecule has 0 radical (unpaired) electrons. The largest absolute Gasteiger partial charge is 0.481 e. The molecule has 0 aromatic heterocycles. The van der Waals surface area contributed by atoms with Gasteiger partial charge in [0.1, 0.15) is 0 Å². The van der Waals surface area contributed by atoms with E-state index < -0.39 is 5.97 Å². The summed E-state index contributed by atoms with van der Waals surface area (Å²) in [6.45, 7) is 5.55. The van der Waals surface area contributed by atoms with Crippen LogP contribution in [0.2, 0.25) is 0 Å². The lowest BCUT2D eigenvalue weighted by Gasteiger charge is -2.06. The molecule has 1 N–H and O–H groups in total. The first kappa shape index (κ1) is 14.2. The van der Waals surface area contributed by atoms with E-state index in [1.807, 2.05) is 13.0 Å². The molecule has 0 aliphatic heterocycles. The standard InChI is InChI=1S/C12H19ClO2/c1-3-4-7-11(10(2)13)8-5-6-9-12(14)15/h3H,1,4-9H2,2H3,(H,14,15)/b11-10-. The SMILES string of the molecule is C=CCC/C(CCCCC(=O)O)=C(\C)Cl. The summed E-state index contributed by atoms with van der Waals surface area (Å²) in [6, 6.07) is 0. The lowest BCUT2D eigenvalue weighted by molar-refractivity contribution is -0.137. The number of unbranched alkanes of at least 4 members (excludes halogenated alkanes) is 1. The molecule has 0 rings (SSSR count). The Kier molecular flexibility index (Phi) is 8.11. The lowest BCUT2D eigenvalue weighted by atomic mass is 10.0. The Morgan fingerprint density at radius 1 is 1.33 bits per heavy atom. The highest BCUT2D eigenvalue weighted by Gasteiger charge is 2.02. The number of halogens is 1. The Bertz CT molecular complexity index is 240. The Labute approximate surface area is 96.6 Å².